The normalized spacial score (nSPS) is 17.3. The number of nitrogens with zero attached hydrogens (tertiary/aromatic N) is 2. The highest BCUT2D eigenvalue weighted by molar-refractivity contribution is 6.17. The number of hydrogen-bond acceptors (Lipinski definition) is 0. The SMILES string of the molecule is C1=CC2=CC(c3ccc(-c4cccc5c4c4ccccc4n5-c4ccccc4)cc3)=CC3=CC=C4C=C(c5ccc(-c6cccc7c6c6ccccc6n7-c6ccccc6)cc5)C=C1C4C32. The molecular weight excluding hydrogens is 797 g/mol. The molecule has 2 aromatic heterocycles. The Labute approximate surface area is 383 Å². The first-order valence-corrected chi connectivity index (χ1v) is 23.1. The third-order valence-electron chi connectivity index (χ3n) is 14.5. The summed E-state index contributed by atoms with van der Waals surface area (Å²) in [6.45, 7) is 0. The molecule has 0 spiro atoms. The zero-order chi connectivity index (χ0) is 43.3. The predicted molar refractivity (Wildman–Crippen MR) is 277 cm³/mol. The minimum Gasteiger partial charge on any atom is -0.309 e. The molecule has 0 bridgehead atoms. The van der Waals surface area contributed by atoms with Gasteiger partial charge in [-0.1, -0.05) is 194 Å². The van der Waals surface area contributed by atoms with E-state index in [2.05, 4.69) is 252 Å². The van der Waals surface area contributed by atoms with E-state index in [9.17, 15) is 0 Å². The number of rotatable bonds is 6. The lowest BCUT2D eigenvalue weighted by Gasteiger charge is -2.40. The van der Waals surface area contributed by atoms with E-state index < -0.39 is 0 Å². The van der Waals surface area contributed by atoms with E-state index in [0.717, 1.165) is 0 Å². The fraction of sp³-hybridized carbons (Fsp3) is 0.0312. The average molecular weight is 839 g/mol. The monoisotopic (exact) mass is 838 g/mol. The summed E-state index contributed by atoms with van der Waals surface area (Å²) in [5.74, 6) is 0.643. The Morgan fingerprint density at radius 2 is 0.667 bits per heavy atom. The quantitative estimate of drug-likeness (QED) is 0.158. The first-order chi connectivity index (χ1) is 32.7. The van der Waals surface area contributed by atoms with Crippen molar-refractivity contribution in [3.8, 4) is 33.6 Å². The second-order valence-corrected chi connectivity index (χ2v) is 18.0. The highest BCUT2D eigenvalue weighted by atomic mass is 15.0. The van der Waals surface area contributed by atoms with Crippen LogP contribution in [0.5, 0.6) is 0 Å². The molecule has 8 aromatic carbocycles. The molecule has 0 saturated heterocycles. The van der Waals surface area contributed by atoms with Crippen molar-refractivity contribution in [2.45, 2.75) is 0 Å². The lowest BCUT2D eigenvalue weighted by molar-refractivity contribution is 0.566. The molecule has 2 atom stereocenters. The van der Waals surface area contributed by atoms with Crippen LogP contribution in [0.25, 0.3) is 88.4 Å². The van der Waals surface area contributed by atoms with Crippen LogP contribution in [0, 0.1) is 11.8 Å². The summed E-state index contributed by atoms with van der Waals surface area (Å²) in [5.41, 5.74) is 22.8. The molecule has 14 rings (SSSR count). The lowest BCUT2D eigenvalue weighted by Crippen LogP contribution is -2.29. The Bertz CT molecular complexity index is 3620. The number of aromatic nitrogens is 2. The summed E-state index contributed by atoms with van der Waals surface area (Å²) in [7, 11) is 0. The van der Waals surface area contributed by atoms with Crippen LogP contribution in [0.1, 0.15) is 11.1 Å². The summed E-state index contributed by atoms with van der Waals surface area (Å²) in [4.78, 5) is 0. The van der Waals surface area contributed by atoms with Gasteiger partial charge < -0.3 is 9.13 Å². The fourth-order valence-corrected chi connectivity index (χ4v) is 11.6. The van der Waals surface area contributed by atoms with Crippen LogP contribution in [-0.2, 0) is 0 Å². The van der Waals surface area contributed by atoms with Gasteiger partial charge in [0.05, 0.1) is 22.1 Å². The van der Waals surface area contributed by atoms with E-state index in [-0.39, 0.29) is 0 Å². The first-order valence-electron chi connectivity index (χ1n) is 23.1. The van der Waals surface area contributed by atoms with Gasteiger partial charge in [0, 0.05) is 44.8 Å². The molecule has 0 radical (unpaired) electrons. The highest BCUT2D eigenvalue weighted by Gasteiger charge is 2.38. The van der Waals surface area contributed by atoms with Crippen molar-refractivity contribution in [2.75, 3.05) is 0 Å². The molecule has 2 nitrogen and oxygen atoms in total. The number of hydrogen-bond donors (Lipinski definition) is 0. The largest absolute Gasteiger partial charge is 0.309 e. The van der Waals surface area contributed by atoms with Gasteiger partial charge in [0.25, 0.3) is 0 Å². The molecule has 4 aliphatic rings. The molecule has 2 heterocycles. The molecule has 0 amide bonds. The third-order valence-corrected chi connectivity index (χ3v) is 14.5. The summed E-state index contributed by atoms with van der Waals surface area (Å²) in [6.07, 6.45) is 19.2. The Kier molecular flexibility index (Phi) is 8.14. The van der Waals surface area contributed by atoms with Crippen molar-refractivity contribution in [3.63, 3.8) is 0 Å². The minimum atomic E-state index is 0.322. The van der Waals surface area contributed by atoms with Crippen LogP contribution in [0.4, 0.5) is 0 Å². The van der Waals surface area contributed by atoms with Gasteiger partial charge in [-0.3, -0.25) is 0 Å². The molecule has 0 fully saturated rings. The number of para-hydroxylation sites is 4. The smallest absolute Gasteiger partial charge is 0.0547 e. The summed E-state index contributed by atoms with van der Waals surface area (Å²) in [6, 6.07) is 70.9. The van der Waals surface area contributed by atoms with Crippen molar-refractivity contribution in [2.24, 2.45) is 11.8 Å². The summed E-state index contributed by atoms with van der Waals surface area (Å²) >= 11 is 0. The van der Waals surface area contributed by atoms with E-state index in [1.807, 2.05) is 0 Å². The van der Waals surface area contributed by atoms with Gasteiger partial charge in [0.15, 0.2) is 0 Å². The molecule has 10 aromatic rings. The van der Waals surface area contributed by atoms with Crippen LogP contribution < -0.4 is 0 Å². The zero-order valence-corrected chi connectivity index (χ0v) is 36.1. The Hall–Kier alpha value is -8.46. The molecule has 0 saturated carbocycles. The molecular formula is C64H42N2. The van der Waals surface area contributed by atoms with E-state index in [1.54, 1.807) is 0 Å². The van der Waals surface area contributed by atoms with Gasteiger partial charge in [-0.25, -0.2) is 0 Å². The van der Waals surface area contributed by atoms with Gasteiger partial charge in [0.2, 0.25) is 0 Å². The predicted octanol–water partition coefficient (Wildman–Crippen LogP) is 16.2. The summed E-state index contributed by atoms with van der Waals surface area (Å²) in [5, 5.41) is 5.12. The van der Waals surface area contributed by atoms with Crippen LogP contribution in [-0.4, -0.2) is 9.13 Å². The Morgan fingerprint density at radius 1 is 0.288 bits per heavy atom. The molecule has 0 aliphatic heterocycles. The maximum Gasteiger partial charge on any atom is 0.0547 e. The molecule has 66 heavy (non-hydrogen) atoms. The standard InChI is InChI=1S/C64H42N2/c1-3-13-51(14-4-1)65-57-21-9-7-17-55(57)63-53(19-11-23-59(63)65)43-29-25-41(26-30-43)49-37-45-33-35-47-39-50(40-48-36-34-46(38-49)61(45)62(47)48)42-27-31-44(32-28-42)54-20-12-24-60-64(54)56-18-8-10-22-58(56)66(60)52-15-5-2-6-16-52/h1-40,61-62H. The maximum absolute atomic E-state index is 2.43. The van der Waals surface area contributed by atoms with Crippen molar-refractivity contribution in [1.29, 1.82) is 0 Å². The lowest BCUT2D eigenvalue weighted by atomic mass is 9.63. The summed E-state index contributed by atoms with van der Waals surface area (Å²) < 4.78 is 4.78. The van der Waals surface area contributed by atoms with E-state index in [1.165, 1.54) is 122 Å². The van der Waals surface area contributed by atoms with Crippen LogP contribution in [0.2, 0.25) is 0 Å². The number of allylic oxidation sites excluding steroid dienone is 14. The highest BCUT2D eigenvalue weighted by Crippen LogP contribution is 2.52. The van der Waals surface area contributed by atoms with Crippen molar-refractivity contribution >= 4 is 54.8 Å². The van der Waals surface area contributed by atoms with Crippen LogP contribution in [0.3, 0.4) is 0 Å². The zero-order valence-electron chi connectivity index (χ0n) is 36.1. The maximum atomic E-state index is 2.43. The van der Waals surface area contributed by atoms with E-state index >= 15 is 0 Å². The Balaban J connectivity index is 0.777. The van der Waals surface area contributed by atoms with E-state index in [0.29, 0.717) is 11.8 Å². The molecule has 0 N–H and O–H groups in total. The molecule has 4 aliphatic carbocycles. The van der Waals surface area contributed by atoms with Gasteiger partial charge in [-0.15, -0.1) is 0 Å². The Morgan fingerprint density at radius 3 is 1.11 bits per heavy atom. The average Bonchev–Trinajstić information content (AvgIpc) is 3.92. The van der Waals surface area contributed by atoms with Gasteiger partial charge in [-0.2, -0.15) is 0 Å². The minimum absolute atomic E-state index is 0.322. The van der Waals surface area contributed by atoms with Crippen molar-refractivity contribution < 1.29 is 0 Å². The molecule has 2 heteroatoms. The third kappa shape index (κ3) is 5.61. The fourth-order valence-electron chi connectivity index (χ4n) is 11.6. The van der Waals surface area contributed by atoms with E-state index in [4.69, 9.17) is 0 Å². The van der Waals surface area contributed by atoms with Crippen LogP contribution >= 0.6 is 0 Å². The van der Waals surface area contributed by atoms with Crippen molar-refractivity contribution in [1.82, 2.24) is 9.13 Å². The number of benzene rings is 8. The van der Waals surface area contributed by atoms with Crippen LogP contribution in [0.15, 0.2) is 265 Å². The number of fused-ring (bicyclic) bond motifs is 6. The second kappa shape index (κ2) is 14.5. The second-order valence-electron chi connectivity index (χ2n) is 18.0. The first kappa shape index (κ1) is 37.0. The molecule has 308 valence electrons. The van der Waals surface area contributed by atoms with Gasteiger partial charge >= 0.3 is 0 Å². The molecule has 2 unspecified atom stereocenters. The van der Waals surface area contributed by atoms with Gasteiger partial charge in [-0.05, 0) is 115 Å². The van der Waals surface area contributed by atoms with Crippen molar-refractivity contribution in [3.05, 3.63) is 276 Å². The topological polar surface area (TPSA) is 9.86 Å². The van der Waals surface area contributed by atoms with Gasteiger partial charge in [0.1, 0.15) is 0 Å².